The second-order valence-corrected chi connectivity index (χ2v) is 14.7. The molecule has 3 atom stereocenters. The van der Waals surface area contributed by atoms with E-state index in [2.05, 4.69) is 34.5 Å². The Bertz CT molecular complexity index is 1510. The van der Waals surface area contributed by atoms with Gasteiger partial charge in [-0.2, -0.15) is 11.8 Å². The van der Waals surface area contributed by atoms with E-state index in [9.17, 15) is 23.1 Å². The molecule has 0 aliphatic carbocycles. The Hall–Kier alpha value is -3.18. The smallest absolute Gasteiger partial charge is 0.326 e. The van der Waals surface area contributed by atoms with Crippen LogP contribution in [-0.4, -0.2) is 79.9 Å². The molecule has 0 unspecified atom stereocenters. The maximum absolute atomic E-state index is 13.5. The van der Waals surface area contributed by atoms with Crippen molar-refractivity contribution >= 4 is 33.5 Å². The Balaban J connectivity index is 1.56. The molecule has 3 aromatic carbocycles. The summed E-state index contributed by atoms with van der Waals surface area (Å²) < 4.78 is 28.8. The summed E-state index contributed by atoms with van der Waals surface area (Å²) in [5, 5.41) is 12.7. The molecule has 1 heterocycles. The number of hydrogen-bond acceptors (Lipinski definition) is 7. The van der Waals surface area contributed by atoms with E-state index in [1.165, 1.54) is 5.56 Å². The summed E-state index contributed by atoms with van der Waals surface area (Å²) in [7, 11) is -1.66. The highest BCUT2D eigenvalue weighted by molar-refractivity contribution is 7.99. The number of carboxylic acids is 1. The Morgan fingerprint density at radius 1 is 1.05 bits per heavy atom. The molecule has 10 heteroatoms. The van der Waals surface area contributed by atoms with Crippen molar-refractivity contribution in [1.29, 1.82) is 0 Å². The average molecular weight is 625 g/mol. The van der Waals surface area contributed by atoms with Crippen LogP contribution in [0.1, 0.15) is 39.9 Å². The van der Waals surface area contributed by atoms with Gasteiger partial charge in [0, 0.05) is 49.1 Å². The van der Waals surface area contributed by atoms with E-state index in [1.807, 2.05) is 61.2 Å². The summed E-state index contributed by atoms with van der Waals surface area (Å²) in [6.07, 6.45) is 1.86. The number of thioether (sulfide) groups is 1. The van der Waals surface area contributed by atoms with Crippen molar-refractivity contribution in [3.63, 3.8) is 0 Å². The number of amides is 1. The fourth-order valence-corrected chi connectivity index (χ4v) is 7.39. The third-order valence-electron chi connectivity index (χ3n) is 7.71. The van der Waals surface area contributed by atoms with Crippen LogP contribution < -0.4 is 5.32 Å². The van der Waals surface area contributed by atoms with Gasteiger partial charge in [0.05, 0.1) is 12.4 Å². The summed E-state index contributed by atoms with van der Waals surface area (Å²) in [6, 6.07) is 22.9. The largest absolute Gasteiger partial charge is 0.480 e. The lowest BCUT2D eigenvalue weighted by Gasteiger charge is -2.24. The topological polar surface area (TPSA) is 113 Å². The Morgan fingerprint density at radius 2 is 1.77 bits per heavy atom. The van der Waals surface area contributed by atoms with Crippen LogP contribution in [0.2, 0.25) is 0 Å². The minimum Gasteiger partial charge on any atom is -0.480 e. The summed E-state index contributed by atoms with van der Waals surface area (Å²) in [4.78, 5) is 27.8. The molecule has 8 nitrogen and oxygen atoms in total. The second kappa shape index (κ2) is 15.0. The first-order chi connectivity index (χ1) is 20.5. The number of carboxylic acid groups (broad SMARTS) is 1. The standard InChI is InChI=1S/C33H40N2O6S2/c1-23-9-7-8-12-28(23)30-17-25(13-14-29(30)32(36)34-31(33(37)38)15-16-43(3,39)40)19-35-20-27(18-26(35)21-41-2)42-22-24-10-5-4-6-11-24/h4-14,17,26-27,31H,15-16,18-22H2,1-3H3,(H,34,36)(H,37,38)/t26-,27-,31-/m0/s1. The predicted octanol–water partition coefficient (Wildman–Crippen LogP) is 4.80. The molecule has 3 aromatic rings. The highest BCUT2D eigenvalue weighted by Gasteiger charge is 2.32. The molecule has 43 heavy (non-hydrogen) atoms. The lowest BCUT2D eigenvalue weighted by molar-refractivity contribution is -0.139. The van der Waals surface area contributed by atoms with Gasteiger partial charge < -0.3 is 15.2 Å². The number of methoxy groups -OCH3 is 1. The van der Waals surface area contributed by atoms with Gasteiger partial charge in [0.2, 0.25) is 0 Å². The molecule has 0 radical (unpaired) electrons. The van der Waals surface area contributed by atoms with E-state index in [4.69, 9.17) is 4.74 Å². The Morgan fingerprint density at radius 3 is 2.44 bits per heavy atom. The number of likely N-dealkylation sites (tertiary alicyclic amines) is 1. The van der Waals surface area contributed by atoms with Crippen LogP contribution in [-0.2, 0) is 31.7 Å². The first kappa shape index (κ1) is 32.7. The Kier molecular flexibility index (Phi) is 11.4. The number of rotatable bonds is 14. The highest BCUT2D eigenvalue weighted by atomic mass is 32.2. The normalized spacial score (nSPS) is 17.9. The number of ether oxygens (including phenoxy) is 1. The minimum atomic E-state index is -3.39. The highest BCUT2D eigenvalue weighted by Crippen LogP contribution is 2.33. The van der Waals surface area contributed by atoms with E-state index in [0.717, 1.165) is 41.7 Å². The van der Waals surface area contributed by atoms with E-state index in [1.54, 1.807) is 13.2 Å². The number of nitrogens with one attached hydrogen (secondary N) is 1. The molecule has 230 valence electrons. The number of sulfone groups is 1. The first-order valence-corrected chi connectivity index (χ1v) is 17.4. The zero-order chi connectivity index (χ0) is 31.0. The number of aryl methyl sites for hydroxylation is 1. The molecule has 0 aromatic heterocycles. The van der Waals surface area contributed by atoms with Crippen molar-refractivity contribution < 1.29 is 27.9 Å². The molecule has 1 amide bonds. The van der Waals surface area contributed by atoms with Crippen LogP contribution in [0.15, 0.2) is 72.8 Å². The number of carbonyl (C=O) groups is 2. The summed E-state index contributed by atoms with van der Waals surface area (Å²) >= 11 is 1.97. The van der Waals surface area contributed by atoms with Gasteiger partial charge in [0.1, 0.15) is 15.9 Å². The molecule has 1 aliphatic heterocycles. The SMILES string of the molecule is COC[C@@H]1C[C@H](SCc2ccccc2)CN1Cc1ccc(C(=O)N[C@@H](CCS(C)(=O)=O)C(=O)O)c(-c2ccccc2C)c1. The maximum atomic E-state index is 13.5. The van der Waals surface area contributed by atoms with Crippen molar-refractivity contribution in [1.82, 2.24) is 10.2 Å². The van der Waals surface area contributed by atoms with Crippen LogP contribution in [0.3, 0.4) is 0 Å². The van der Waals surface area contributed by atoms with Gasteiger partial charge in [-0.3, -0.25) is 9.69 Å². The average Bonchev–Trinajstić information content (AvgIpc) is 3.35. The van der Waals surface area contributed by atoms with Gasteiger partial charge in [-0.1, -0.05) is 60.7 Å². The summed E-state index contributed by atoms with van der Waals surface area (Å²) in [5.41, 5.74) is 5.26. The van der Waals surface area contributed by atoms with Gasteiger partial charge in [-0.15, -0.1) is 0 Å². The fourth-order valence-electron chi connectivity index (χ4n) is 5.45. The van der Waals surface area contributed by atoms with Crippen LogP contribution in [0.4, 0.5) is 0 Å². The van der Waals surface area contributed by atoms with Crippen LogP contribution in [0.25, 0.3) is 11.1 Å². The molecule has 0 spiro atoms. The third kappa shape index (κ3) is 9.40. The predicted molar refractivity (Wildman–Crippen MR) is 172 cm³/mol. The molecule has 4 rings (SSSR count). The second-order valence-electron chi connectivity index (χ2n) is 11.2. The van der Waals surface area contributed by atoms with Crippen molar-refractivity contribution in [3.8, 4) is 11.1 Å². The van der Waals surface area contributed by atoms with Crippen molar-refractivity contribution in [2.75, 3.05) is 32.3 Å². The van der Waals surface area contributed by atoms with Crippen LogP contribution >= 0.6 is 11.8 Å². The van der Waals surface area contributed by atoms with Crippen molar-refractivity contribution in [2.45, 2.75) is 49.4 Å². The van der Waals surface area contributed by atoms with E-state index in [0.29, 0.717) is 29.5 Å². The lowest BCUT2D eigenvalue weighted by Crippen LogP contribution is -2.42. The molecule has 1 saturated heterocycles. The maximum Gasteiger partial charge on any atom is 0.326 e. The van der Waals surface area contributed by atoms with Gasteiger partial charge in [-0.25, -0.2) is 13.2 Å². The van der Waals surface area contributed by atoms with Gasteiger partial charge in [-0.05, 0) is 59.7 Å². The molecular weight excluding hydrogens is 585 g/mol. The Labute approximate surface area is 258 Å². The van der Waals surface area contributed by atoms with Crippen molar-refractivity contribution in [2.24, 2.45) is 0 Å². The number of carbonyl (C=O) groups excluding carboxylic acids is 1. The van der Waals surface area contributed by atoms with Gasteiger partial charge >= 0.3 is 5.97 Å². The third-order valence-corrected chi connectivity index (χ3v) is 10.00. The zero-order valence-electron chi connectivity index (χ0n) is 24.9. The fraction of sp³-hybridized carbons (Fsp3) is 0.394. The zero-order valence-corrected chi connectivity index (χ0v) is 26.5. The monoisotopic (exact) mass is 624 g/mol. The minimum absolute atomic E-state index is 0.211. The van der Waals surface area contributed by atoms with E-state index in [-0.39, 0.29) is 18.2 Å². The van der Waals surface area contributed by atoms with Crippen molar-refractivity contribution in [3.05, 3.63) is 95.1 Å². The van der Waals surface area contributed by atoms with Crippen LogP contribution in [0, 0.1) is 6.92 Å². The summed E-state index contributed by atoms with van der Waals surface area (Å²) in [5.74, 6) is -1.20. The first-order valence-electron chi connectivity index (χ1n) is 14.3. The van der Waals surface area contributed by atoms with Gasteiger partial charge in [0.25, 0.3) is 5.91 Å². The molecule has 1 aliphatic rings. The molecule has 0 saturated carbocycles. The van der Waals surface area contributed by atoms with E-state index < -0.39 is 27.8 Å². The molecular formula is C33H40N2O6S2. The number of aliphatic carboxylic acids is 1. The van der Waals surface area contributed by atoms with Gasteiger partial charge in [0.15, 0.2) is 0 Å². The molecule has 1 fully saturated rings. The number of benzene rings is 3. The molecule has 2 N–H and O–H groups in total. The molecule has 0 bridgehead atoms. The summed E-state index contributed by atoms with van der Waals surface area (Å²) in [6.45, 7) is 4.22. The van der Waals surface area contributed by atoms with E-state index >= 15 is 0 Å². The number of hydrogen-bond donors (Lipinski definition) is 2. The van der Waals surface area contributed by atoms with Crippen LogP contribution in [0.5, 0.6) is 0 Å². The number of nitrogens with zero attached hydrogens (tertiary/aromatic N) is 1. The lowest BCUT2D eigenvalue weighted by atomic mass is 9.93. The quantitative estimate of drug-likeness (QED) is 0.263.